The average Bonchev–Trinajstić information content (AvgIpc) is 2.53. The summed E-state index contributed by atoms with van der Waals surface area (Å²) in [6, 6.07) is 9.96. The molecule has 2 aromatic rings. The summed E-state index contributed by atoms with van der Waals surface area (Å²) in [6.07, 6.45) is 0. The summed E-state index contributed by atoms with van der Waals surface area (Å²) in [5, 5.41) is 2.89. The van der Waals surface area contributed by atoms with Gasteiger partial charge in [-0.15, -0.1) is 11.3 Å². The van der Waals surface area contributed by atoms with Gasteiger partial charge in [-0.3, -0.25) is 0 Å². The zero-order chi connectivity index (χ0) is 9.26. The van der Waals surface area contributed by atoms with Gasteiger partial charge >= 0.3 is 0 Å². The van der Waals surface area contributed by atoms with Crippen molar-refractivity contribution in [2.24, 2.45) is 0 Å². The molecule has 1 aromatic heterocycles. The van der Waals surface area contributed by atoms with Gasteiger partial charge in [0.1, 0.15) is 0 Å². The Morgan fingerprint density at radius 2 is 1.77 bits per heavy atom. The van der Waals surface area contributed by atoms with E-state index < -0.39 is 0 Å². The fourth-order valence-corrected chi connectivity index (χ4v) is 2.40. The first-order valence-electron chi connectivity index (χ1n) is 3.76. The van der Waals surface area contributed by atoms with E-state index in [0.717, 1.165) is 8.81 Å². The van der Waals surface area contributed by atoms with Crippen LogP contribution in [0.4, 0.5) is 0 Å². The zero-order valence-corrected chi connectivity index (χ0v) is 9.79. The highest BCUT2D eigenvalue weighted by atomic mass is 79.9. The Morgan fingerprint density at radius 3 is 2.31 bits per heavy atom. The van der Waals surface area contributed by atoms with Gasteiger partial charge in [0.2, 0.25) is 0 Å². The van der Waals surface area contributed by atoms with E-state index in [1.165, 1.54) is 11.1 Å². The maximum atomic E-state index is 5.80. The zero-order valence-electron chi connectivity index (χ0n) is 6.63. The van der Waals surface area contributed by atoms with Crippen LogP contribution in [0.5, 0.6) is 0 Å². The van der Waals surface area contributed by atoms with Crippen LogP contribution >= 0.6 is 38.9 Å². The second-order valence-electron chi connectivity index (χ2n) is 2.65. The van der Waals surface area contributed by atoms with E-state index in [-0.39, 0.29) is 0 Å². The van der Waals surface area contributed by atoms with Crippen LogP contribution in [0, 0.1) is 0 Å². The third kappa shape index (κ3) is 2.13. The van der Waals surface area contributed by atoms with Gasteiger partial charge in [0.05, 0.1) is 3.79 Å². The molecule has 3 heteroatoms. The fourth-order valence-electron chi connectivity index (χ4n) is 1.10. The molecule has 1 heterocycles. The van der Waals surface area contributed by atoms with Gasteiger partial charge in [0, 0.05) is 5.02 Å². The number of benzene rings is 1. The summed E-state index contributed by atoms with van der Waals surface area (Å²) in [6.45, 7) is 0. The predicted octanol–water partition coefficient (Wildman–Crippen LogP) is 4.83. The topological polar surface area (TPSA) is 0 Å². The van der Waals surface area contributed by atoms with Crippen molar-refractivity contribution < 1.29 is 0 Å². The molecule has 2 rings (SSSR count). The third-order valence-electron chi connectivity index (χ3n) is 1.75. The van der Waals surface area contributed by atoms with Crippen molar-refractivity contribution in [3.63, 3.8) is 0 Å². The molecule has 0 aliphatic rings. The molecule has 0 amide bonds. The van der Waals surface area contributed by atoms with Crippen LogP contribution in [0.3, 0.4) is 0 Å². The van der Waals surface area contributed by atoms with Gasteiger partial charge in [-0.1, -0.05) is 23.7 Å². The quantitative estimate of drug-likeness (QED) is 0.698. The highest BCUT2D eigenvalue weighted by molar-refractivity contribution is 9.11. The Bertz CT molecular complexity index is 405. The van der Waals surface area contributed by atoms with Gasteiger partial charge in [0.15, 0.2) is 0 Å². The van der Waals surface area contributed by atoms with Gasteiger partial charge < -0.3 is 0 Å². The highest BCUT2D eigenvalue weighted by Crippen LogP contribution is 2.29. The molecule has 13 heavy (non-hydrogen) atoms. The molecule has 0 bridgehead atoms. The SMILES string of the molecule is Clc1ccc(-c2csc(Br)c2)cc1. The van der Waals surface area contributed by atoms with E-state index in [1.54, 1.807) is 11.3 Å². The molecule has 0 atom stereocenters. The van der Waals surface area contributed by atoms with Crippen molar-refractivity contribution in [3.8, 4) is 11.1 Å². The molecule has 0 nitrogen and oxygen atoms in total. The number of hydrogen-bond donors (Lipinski definition) is 0. The molecule has 0 fully saturated rings. The molecule has 0 saturated carbocycles. The Morgan fingerprint density at radius 1 is 1.08 bits per heavy atom. The second-order valence-corrected chi connectivity index (χ2v) is 5.37. The van der Waals surface area contributed by atoms with Crippen LogP contribution in [-0.2, 0) is 0 Å². The first kappa shape index (κ1) is 9.25. The van der Waals surface area contributed by atoms with Gasteiger partial charge in [0.25, 0.3) is 0 Å². The Balaban J connectivity index is 2.41. The van der Waals surface area contributed by atoms with Gasteiger partial charge in [-0.2, -0.15) is 0 Å². The van der Waals surface area contributed by atoms with Crippen molar-refractivity contribution in [2.45, 2.75) is 0 Å². The minimum Gasteiger partial charge on any atom is -0.136 e. The summed E-state index contributed by atoms with van der Waals surface area (Å²) >= 11 is 10.9. The van der Waals surface area contributed by atoms with Crippen molar-refractivity contribution >= 4 is 38.9 Å². The van der Waals surface area contributed by atoms with Crippen LogP contribution in [0.2, 0.25) is 5.02 Å². The minimum atomic E-state index is 0.776. The van der Waals surface area contributed by atoms with Crippen molar-refractivity contribution in [3.05, 3.63) is 44.5 Å². The van der Waals surface area contributed by atoms with Crippen molar-refractivity contribution in [1.82, 2.24) is 0 Å². The molecule has 66 valence electrons. The first-order valence-corrected chi connectivity index (χ1v) is 5.81. The standard InChI is InChI=1S/C10H6BrClS/c11-10-5-8(6-13-10)7-1-3-9(12)4-2-7/h1-6H. The lowest BCUT2D eigenvalue weighted by Crippen LogP contribution is -1.71. The van der Waals surface area contributed by atoms with Crippen molar-refractivity contribution in [2.75, 3.05) is 0 Å². The lowest BCUT2D eigenvalue weighted by Gasteiger charge is -1.96. The van der Waals surface area contributed by atoms with E-state index in [1.807, 2.05) is 24.3 Å². The fraction of sp³-hybridized carbons (Fsp3) is 0. The lowest BCUT2D eigenvalue weighted by atomic mass is 10.1. The molecule has 0 spiro atoms. The van der Waals surface area contributed by atoms with E-state index in [0.29, 0.717) is 0 Å². The summed E-state index contributed by atoms with van der Waals surface area (Å²) in [5.41, 5.74) is 2.43. The van der Waals surface area contributed by atoms with E-state index in [9.17, 15) is 0 Å². The summed E-state index contributed by atoms with van der Waals surface area (Å²) in [5.74, 6) is 0. The molecule has 0 radical (unpaired) electrons. The summed E-state index contributed by atoms with van der Waals surface area (Å²) in [4.78, 5) is 0. The molecule has 1 aromatic carbocycles. The molecular weight excluding hydrogens is 268 g/mol. The Hall–Kier alpha value is -0.310. The van der Waals surface area contributed by atoms with Crippen LogP contribution in [0.15, 0.2) is 39.5 Å². The monoisotopic (exact) mass is 272 g/mol. The van der Waals surface area contributed by atoms with Crippen molar-refractivity contribution in [1.29, 1.82) is 0 Å². The summed E-state index contributed by atoms with van der Waals surface area (Å²) < 4.78 is 1.15. The minimum absolute atomic E-state index is 0.776. The normalized spacial score (nSPS) is 10.3. The number of thiophene rings is 1. The molecule has 0 aliphatic carbocycles. The predicted molar refractivity (Wildman–Crippen MR) is 62.5 cm³/mol. The van der Waals surface area contributed by atoms with Crippen LogP contribution in [-0.4, -0.2) is 0 Å². The molecule has 0 N–H and O–H groups in total. The molecule has 0 unspecified atom stereocenters. The smallest absolute Gasteiger partial charge is 0.0704 e. The largest absolute Gasteiger partial charge is 0.136 e. The molecule has 0 aliphatic heterocycles. The number of rotatable bonds is 1. The Kier molecular flexibility index (Phi) is 2.72. The third-order valence-corrected chi connectivity index (χ3v) is 3.50. The van der Waals surface area contributed by atoms with Crippen LogP contribution < -0.4 is 0 Å². The molecule has 0 saturated heterocycles. The number of halogens is 2. The Labute approximate surface area is 94.3 Å². The van der Waals surface area contributed by atoms with Gasteiger partial charge in [-0.05, 0) is 50.6 Å². The lowest BCUT2D eigenvalue weighted by molar-refractivity contribution is 1.67. The highest BCUT2D eigenvalue weighted by Gasteiger charge is 1.99. The second kappa shape index (κ2) is 3.82. The first-order chi connectivity index (χ1) is 6.25. The van der Waals surface area contributed by atoms with E-state index >= 15 is 0 Å². The maximum absolute atomic E-state index is 5.80. The summed E-state index contributed by atoms with van der Waals surface area (Å²) in [7, 11) is 0. The van der Waals surface area contributed by atoms with E-state index in [2.05, 4.69) is 27.4 Å². The maximum Gasteiger partial charge on any atom is 0.0704 e. The van der Waals surface area contributed by atoms with E-state index in [4.69, 9.17) is 11.6 Å². The van der Waals surface area contributed by atoms with Gasteiger partial charge in [-0.25, -0.2) is 0 Å². The average molecular weight is 274 g/mol. The van der Waals surface area contributed by atoms with Crippen LogP contribution in [0.25, 0.3) is 11.1 Å². The van der Waals surface area contributed by atoms with Crippen LogP contribution in [0.1, 0.15) is 0 Å². The molecular formula is C10H6BrClS. The number of hydrogen-bond acceptors (Lipinski definition) is 1.